The molecule has 6 nitrogen and oxygen atoms in total. The van der Waals surface area contributed by atoms with Crippen molar-refractivity contribution >= 4 is 17.7 Å². The highest BCUT2D eigenvalue weighted by Gasteiger charge is 2.19. The van der Waals surface area contributed by atoms with Crippen LogP contribution in [0, 0.1) is 13.8 Å². The van der Waals surface area contributed by atoms with Crippen molar-refractivity contribution in [1.82, 2.24) is 10.5 Å². The summed E-state index contributed by atoms with van der Waals surface area (Å²) in [6, 6.07) is 13.2. The average molecular weight is 425 g/mol. The number of rotatable bonds is 6. The minimum atomic E-state index is -0.172. The van der Waals surface area contributed by atoms with Crippen LogP contribution in [0.3, 0.4) is 0 Å². The quantitative estimate of drug-likeness (QED) is 0.571. The van der Waals surface area contributed by atoms with Gasteiger partial charge in [0.15, 0.2) is 11.5 Å². The van der Waals surface area contributed by atoms with E-state index in [9.17, 15) is 4.79 Å². The van der Waals surface area contributed by atoms with Crippen molar-refractivity contribution in [1.29, 1.82) is 0 Å². The number of thioether (sulfide) groups is 1. The highest BCUT2D eigenvalue weighted by atomic mass is 32.2. The summed E-state index contributed by atoms with van der Waals surface area (Å²) in [6.07, 6.45) is 0. The van der Waals surface area contributed by atoms with Gasteiger partial charge in [0.2, 0.25) is 0 Å². The molecular weight excluding hydrogens is 400 g/mol. The molecule has 0 aliphatic carbocycles. The molecule has 1 aliphatic rings. The summed E-state index contributed by atoms with van der Waals surface area (Å²) in [5.41, 5.74) is 3.57. The van der Waals surface area contributed by atoms with E-state index >= 15 is 0 Å². The number of fused-ring (bicyclic) bond motifs is 1. The molecule has 0 saturated heterocycles. The highest BCUT2D eigenvalue weighted by Crippen LogP contribution is 2.33. The van der Waals surface area contributed by atoms with Gasteiger partial charge in [0, 0.05) is 16.2 Å². The Morgan fingerprint density at radius 3 is 2.67 bits per heavy atom. The van der Waals surface area contributed by atoms with Gasteiger partial charge in [0.25, 0.3) is 5.91 Å². The van der Waals surface area contributed by atoms with Gasteiger partial charge < -0.3 is 19.3 Å². The maximum atomic E-state index is 13.0. The summed E-state index contributed by atoms with van der Waals surface area (Å²) in [7, 11) is 0. The molecule has 0 fully saturated rings. The van der Waals surface area contributed by atoms with Crippen molar-refractivity contribution in [3.05, 3.63) is 70.6 Å². The monoisotopic (exact) mass is 424 g/mol. The predicted octanol–water partition coefficient (Wildman–Crippen LogP) is 4.85. The summed E-state index contributed by atoms with van der Waals surface area (Å²) in [4.78, 5) is 13.9. The first-order chi connectivity index (χ1) is 14.5. The first-order valence-corrected chi connectivity index (χ1v) is 10.9. The molecule has 1 amide bonds. The molecule has 0 bridgehead atoms. The second-order valence-corrected chi connectivity index (χ2v) is 8.20. The van der Waals surface area contributed by atoms with Gasteiger partial charge in [-0.05, 0) is 50.6 Å². The SMILES string of the molecule is Cc1noc(C)c1CSc1ccccc1C(=O)N[C@@H](C)c1ccc2c(c1)OCCO2. The number of benzene rings is 2. The van der Waals surface area contributed by atoms with Crippen LogP contribution < -0.4 is 14.8 Å². The Morgan fingerprint density at radius 2 is 1.90 bits per heavy atom. The molecule has 2 heterocycles. The predicted molar refractivity (Wildman–Crippen MR) is 115 cm³/mol. The van der Waals surface area contributed by atoms with Crippen molar-refractivity contribution in [3.8, 4) is 11.5 Å². The average Bonchev–Trinajstić information content (AvgIpc) is 3.09. The van der Waals surface area contributed by atoms with Gasteiger partial charge in [-0.25, -0.2) is 0 Å². The van der Waals surface area contributed by atoms with Crippen molar-refractivity contribution in [2.75, 3.05) is 13.2 Å². The van der Waals surface area contributed by atoms with Gasteiger partial charge in [-0.15, -0.1) is 11.8 Å². The molecule has 3 aromatic rings. The molecule has 0 spiro atoms. The van der Waals surface area contributed by atoms with Gasteiger partial charge >= 0.3 is 0 Å². The van der Waals surface area contributed by atoms with E-state index in [1.165, 1.54) is 0 Å². The zero-order chi connectivity index (χ0) is 21.1. The Hall–Kier alpha value is -2.93. The number of aromatic nitrogens is 1. The number of nitrogens with one attached hydrogen (secondary N) is 1. The topological polar surface area (TPSA) is 73.6 Å². The summed E-state index contributed by atoms with van der Waals surface area (Å²) in [5, 5.41) is 7.10. The minimum absolute atomic E-state index is 0.112. The van der Waals surface area contributed by atoms with Gasteiger partial charge in [-0.1, -0.05) is 23.4 Å². The van der Waals surface area contributed by atoms with Crippen LogP contribution in [0.2, 0.25) is 0 Å². The Balaban J connectivity index is 1.47. The first-order valence-electron chi connectivity index (χ1n) is 9.87. The molecule has 156 valence electrons. The van der Waals surface area contributed by atoms with Crippen LogP contribution in [-0.2, 0) is 5.75 Å². The number of carbonyl (C=O) groups is 1. The summed E-state index contributed by atoms with van der Waals surface area (Å²) >= 11 is 1.61. The standard InChI is InChI=1S/C23H24N2O4S/c1-14(17-8-9-20-21(12-17)28-11-10-27-20)24-23(26)18-6-4-5-7-22(18)30-13-19-15(2)25-29-16(19)3/h4-9,12,14H,10-11,13H2,1-3H3,(H,24,26)/t14-/m0/s1. The minimum Gasteiger partial charge on any atom is -0.486 e. The second-order valence-electron chi connectivity index (χ2n) is 7.19. The summed E-state index contributed by atoms with van der Waals surface area (Å²) in [6.45, 7) is 6.89. The molecule has 0 radical (unpaired) electrons. The van der Waals surface area contributed by atoms with Gasteiger partial charge in [0.1, 0.15) is 19.0 Å². The maximum Gasteiger partial charge on any atom is 0.252 e. The molecule has 4 rings (SSSR count). The second kappa shape index (κ2) is 8.83. The van der Waals surface area contributed by atoms with Crippen molar-refractivity contribution < 1.29 is 18.8 Å². The number of aryl methyl sites for hydroxylation is 2. The van der Waals surface area contributed by atoms with Crippen molar-refractivity contribution in [2.24, 2.45) is 0 Å². The number of nitrogens with zero attached hydrogens (tertiary/aromatic N) is 1. The van der Waals surface area contributed by atoms with Crippen LogP contribution in [0.25, 0.3) is 0 Å². The lowest BCUT2D eigenvalue weighted by atomic mass is 10.1. The van der Waals surface area contributed by atoms with Crippen LogP contribution in [0.1, 0.15) is 45.9 Å². The van der Waals surface area contributed by atoms with Gasteiger partial charge in [-0.3, -0.25) is 4.79 Å². The Labute approximate surface area is 179 Å². The summed E-state index contributed by atoms with van der Waals surface area (Å²) in [5.74, 6) is 2.86. The van der Waals surface area contributed by atoms with Crippen LogP contribution in [-0.4, -0.2) is 24.3 Å². The Kier molecular flexibility index (Phi) is 5.99. The number of hydrogen-bond donors (Lipinski definition) is 1. The molecule has 1 aliphatic heterocycles. The molecular formula is C23H24N2O4S. The van der Waals surface area contributed by atoms with E-state index in [-0.39, 0.29) is 11.9 Å². The molecule has 0 saturated carbocycles. The van der Waals surface area contributed by atoms with Crippen molar-refractivity contribution in [3.63, 3.8) is 0 Å². The molecule has 1 atom stereocenters. The molecule has 30 heavy (non-hydrogen) atoms. The normalized spacial score (nSPS) is 13.7. The molecule has 7 heteroatoms. The molecule has 0 unspecified atom stereocenters. The lowest BCUT2D eigenvalue weighted by molar-refractivity contribution is 0.0936. The van der Waals surface area contributed by atoms with E-state index in [0.717, 1.165) is 39.0 Å². The van der Waals surface area contributed by atoms with E-state index in [1.54, 1.807) is 11.8 Å². The van der Waals surface area contributed by atoms with Gasteiger partial charge in [-0.2, -0.15) is 0 Å². The summed E-state index contributed by atoms with van der Waals surface area (Å²) < 4.78 is 16.5. The molecule has 1 N–H and O–H groups in total. The van der Waals surface area contributed by atoms with Crippen molar-refractivity contribution in [2.45, 2.75) is 37.5 Å². The molecule has 1 aromatic heterocycles. The van der Waals surface area contributed by atoms with E-state index in [4.69, 9.17) is 14.0 Å². The largest absolute Gasteiger partial charge is 0.486 e. The third-order valence-corrected chi connectivity index (χ3v) is 6.20. The van der Waals surface area contributed by atoms with Crippen LogP contribution in [0.4, 0.5) is 0 Å². The highest BCUT2D eigenvalue weighted by molar-refractivity contribution is 7.98. The zero-order valence-electron chi connectivity index (χ0n) is 17.2. The number of carbonyl (C=O) groups excluding carboxylic acids is 1. The number of hydrogen-bond acceptors (Lipinski definition) is 6. The van der Waals surface area contributed by atoms with Crippen LogP contribution in [0.5, 0.6) is 11.5 Å². The Morgan fingerprint density at radius 1 is 1.13 bits per heavy atom. The number of ether oxygens (including phenoxy) is 2. The van der Waals surface area contributed by atoms with E-state index < -0.39 is 0 Å². The lowest BCUT2D eigenvalue weighted by Crippen LogP contribution is -2.27. The smallest absolute Gasteiger partial charge is 0.252 e. The third-order valence-electron chi connectivity index (χ3n) is 5.10. The van der Waals surface area contributed by atoms with Gasteiger partial charge in [0.05, 0.1) is 17.3 Å². The Bertz CT molecular complexity index is 1040. The fourth-order valence-electron chi connectivity index (χ4n) is 3.32. The van der Waals surface area contributed by atoms with Crippen LogP contribution >= 0.6 is 11.8 Å². The molecule has 2 aromatic carbocycles. The van der Waals surface area contributed by atoms with E-state index in [1.807, 2.05) is 63.2 Å². The fourth-order valence-corrected chi connectivity index (χ4v) is 4.53. The first kappa shape index (κ1) is 20.3. The zero-order valence-corrected chi connectivity index (χ0v) is 18.0. The van der Waals surface area contributed by atoms with E-state index in [2.05, 4.69) is 10.5 Å². The lowest BCUT2D eigenvalue weighted by Gasteiger charge is -2.21. The number of amides is 1. The van der Waals surface area contributed by atoms with E-state index in [0.29, 0.717) is 24.5 Å². The van der Waals surface area contributed by atoms with Crippen LogP contribution in [0.15, 0.2) is 51.9 Å². The third kappa shape index (κ3) is 4.31. The fraction of sp³-hybridized carbons (Fsp3) is 0.304. The maximum absolute atomic E-state index is 13.0.